The van der Waals surface area contributed by atoms with Crippen LogP contribution in [-0.2, 0) is 9.53 Å². The topological polar surface area (TPSA) is 123 Å². The molecule has 0 heterocycles. The largest absolute Gasteiger partial charge is 0.494 e. The van der Waals surface area contributed by atoms with Crippen molar-refractivity contribution in [3.05, 3.63) is 83.9 Å². The average molecular weight is 589 g/mol. The number of esters is 2. The van der Waals surface area contributed by atoms with Gasteiger partial charge in [-0.3, -0.25) is 0 Å². The molecule has 0 bridgehead atoms. The van der Waals surface area contributed by atoms with E-state index in [4.69, 9.17) is 30.4 Å². The number of ether oxygens (including phenoxy) is 4. The molecule has 8 heteroatoms. The molecular formula is C35H44N2O6. The Morgan fingerprint density at radius 2 is 1.16 bits per heavy atom. The third-order valence-electron chi connectivity index (χ3n) is 6.60. The number of nitrogen functional groups attached to an aromatic ring is 2. The molecule has 8 nitrogen and oxygen atoms in total. The van der Waals surface area contributed by atoms with Crippen LogP contribution in [-0.4, -0.2) is 31.8 Å². The van der Waals surface area contributed by atoms with Crippen LogP contribution in [0.3, 0.4) is 0 Å². The van der Waals surface area contributed by atoms with Crippen LogP contribution in [0.25, 0.3) is 6.08 Å². The van der Waals surface area contributed by atoms with Gasteiger partial charge >= 0.3 is 11.9 Å². The lowest BCUT2D eigenvalue weighted by Crippen LogP contribution is -2.07. The predicted molar refractivity (Wildman–Crippen MR) is 171 cm³/mol. The van der Waals surface area contributed by atoms with Crippen LogP contribution in [0.2, 0.25) is 0 Å². The summed E-state index contributed by atoms with van der Waals surface area (Å²) in [5.74, 6) is 1.19. The zero-order valence-electron chi connectivity index (χ0n) is 25.1. The Bertz CT molecular complexity index is 1270. The number of benzene rings is 3. The fraction of sp³-hybridized carbons (Fsp3) is 0.371. The summed E-state index contributed by atoms with van der Waals surface area (Å²) in [5.41, 5.74) is 13.6. The van der Waals surface area contributed by atoms with Crippen LogP contribution in [0, 0.1) is 0 Å². The number of anilines is 2. The van der Waals surface area contributed by atoms with E-state index in [0.29, 0.717) is 42.5 Å². The van der Waals surface area contributed by atoms with Gasteiger partial charge in [0.05, 0.1) is 25.4 Å². The molecule has 3 aromatic rings. The molecule has 0 aliphatic carbocycles. The highest BCUT2D eigenvalue weighted by Gasteiger charge is 2.08. The summed E-state index contributed by atoms with van der Waals surface area (Å²) in [5, 5.41) is 0. The number of nitrogens with two attached hydrogens (primary N) is 2. The zero-order valence-corrected chi connectivity index (χ0v) is 25.1. The first kappa shape index (κ1) is 33.0. The standard InChI is InChI=1S/C35H44N2O6/c1-2-3-8-21-40-32-16-18-33(19-17-32)43-34(38)20-13-27-11-14-31(15-12-27)41-22-9-6-4-5-7-10-23-42-35(39)28-24-29(36)26-30(37)25-28/h11-20,24-26H,2-10,21-23,36-37H2,1H3. The van der Waals surface area contributed by atoms with E-state index in [1.165, 1.54) is 6.08 Å². The Labute approximate surface area is 255 Å². The molecule has 4 N–H and O–H groups in total. The second-order valence-corrected chi connectivity index (χ2v) is 10.3. The van der Waals surface area contributed by atoms with E-state index >= 15 is 0 Å². The minimum atomic E-state index is -0.443. The fourth-order valence-corrected chi connectivity index (χ4v) is 4.28. The number of carbonyl (C=O) groups is 2. The summed E-state index contributed by atoms with van der Waals surface area (Å²) in [7, 11) is 0. The molecule has 0 spiro atoms. The van der Waals surface area contributed by atoms with Crippen molar-refractivity contribution in [3.8, 4) is 17.2 Å². The highest BCUT2D eigenvalue weighted by atomic mass is 16.5. The van der Waals surface area contributed by atoms with E-state index in [0.717, 1.165) is 74.8 Å². The number of carbonyl (C=O) groups excluding carboxylic acids is 2. The number of hydrogen-bond donors (Lipinski definition) is 2. The fourth-order valence-electron chi connectivity index (χ4n) is 4.28. The van der Waals surface area contributed by atoms with Crippen molar-refractivity contribution < 1.29 is 28.5 Å². The molecule has 0 radical (unpaired) electrons. The zero-order chi connectivity index (χ0) is 30.7. The van der Waals surface area contributed by atoms with Gasteiger partial charge in [-0.1, -0.05) is 57.6 Å². The lowest BCUT2D eigenvalue weighted by atomic mass is 10.1. The van der Waals surface area contributed by atoms with Crippen molar-refractivity contribution in [3.63, 3.8) is 0 Å². The molecule has 0 saturated heterocycles. The van der Waals surface area contributed by atoms with E-state index in [1.54, 1.807) is 48.5 Å². The van der Waals surface area contributed by atoms with Gasteiger partial charge in [-0.25, -0.2) is 9.59 Å². The number of rotatable bonds is 19. The SMILES string of the molecule is CCCCCOc1ccc(OC(=O)C=Cc2ccc(OCCCCCCCCOC(=O)c3cc(N)cc(N)c3)cc2)cc1. The third kappa shape index (κ3) is 13.4. The van der Waals surface area contributed by atoms with Gasteiger partial charge in [-0.2, -0.15) is 0 Å². The molecule has 0 amide bonds. The van der Waals surface area contributed by atoms with E-state index in [2.05, 4.69) is 6.92 Å². The molecule has 0 fully saturated rings. The Kier molecular flexibility index (Phi) is 14.5. The van der Waals surface area contributed by atoms with E-state index in [-0.39, 0.29) is 0 Å². The van der Waals surface area contributed by atoms with E-state index < -0.39 is 11.9 Å². The Morgan fingerprint density at radius 1 is 0.651 bits per heavy atom. The van der Waals surface area contributed by atoms with Gasteiger partial charge in [0.1, 0.15) is 17.2 Å². The highest BCUT2D eigenvalue weighted by Crippen LogP contribution is 2.19. The van der Waals surface area contributed by atoms with Gasteiger partial charge in [-0.15, -0.1) is 0 Å². The third-order valence-corrected chi connectivity index (χ3v) is 6.60. The van der Waals surface area contributed by atoms with Gasteiger partial charge in [0.2, 0.25) is 0 Å². The summed E-state index contributed by atoms with van der Waals surface area (Å²) in [4.78, 5) is 24.3. The second kappa shape index (κ2) is 18.9. The van der Waals surface area contributed by atoms with Crippen molar-refractivity contribution in [1.82, 2.24) is 0 Å². The first-order valence-corrected chi connectivity index (χ1v) is 15.1. The molecule has 3 aromatic carbocycles. The summed E-state index contributed by atoms with van der Waals surface area (Å²) in [6.07, 6.45) is 12.5. The monoisotopic (exact) mass is 588 g/mol. The van der Waals surface area contributed by atoms with Gasteiger partial charge in [0.25, 0.3) is 0 Å². The lowest BCUT2D eigenvalue weighted by Gasteiger charge is -2.08. The quantitative estimate of drug-likeness (QED) is 0.0482. The summed E-state index contributed by atoms with van der Waals surface area (Å²) >= 11 is 0. The van der Waals surface area contributed by atoms with Gasteiger partial charge < -0.3 is 30.4 Å². The molecular weight excluding hydrogens is 544 g/mol. The van der Waals surface area contributed by atoms with Crippen molar-refractivity contribution in [2.75, 3.05) is 31.3 Å². The maximum absolute atomic E-state index is 12.2. The van der Waals surface area contributed by atoms with Crippen LogP contribution in [0.1, 0.15) is 80.6 Å². The van der Waals surface area contributed by atoms with Crippen LogP contribution in [0.4, 0.5) is 11.4 Å². The minimum Gasteiger partial charge on any atom is -0.494 e. The Hall–Kier alpha value is -4.46. The van der Waals surface area contributed by atoms with E-state index in [1.807, 2.05) is 24.3 Å². The van der Waals surface area contributed by atoms with Gasteiger partial charge in [-0.05, 0) is 85.5 Å². The predicted octanol–water partition coefficient (Wildman–Crippen LogP) is 7.62. The van der Waals surface area contributed by atoms with E-state index in [9.17, 15) is 9.59 Å². The van der Waals surface area contributed by atoms with Crippen LogP contribution in [0.15, 0.2) is 72.8 Å². The summed E-state index contributed by atoms with van der Waals surface area (Å²) < 4.78 is 22.2. The highest BCUT2D eigenvalue weighted by molar-refractivity contribution is 5.91. The van der Waals surface area contributed by atoms with Crippen molar-refractivity contribution in [1.29, 1.82) is 0 Å². The van der Waals surface area contributed by atoms with Crippen molar-refractivity contribution in [2.24, 2.45) is 0 Å². The maximum atomic E-state index is 12.2. The second-order valence-electron chi connectivity index (χ2n) is 10.3. The molecule has 0 unspecified atom stereocenters. The molecule has 0 saturated carbocycles. The average Bonchev–Trinajstić information content (AvgIpc) is 3.00. The Morgan fingerprint density at radius 3 is 1.77 bits per heavy atom. The van der Waals surface area contributed by atoms with Gasteiger partial charge in [0, 0.05) is 17.5 Å². The van der Waals surface area contributed by atoms with Crippen LogP contribution in [0.5, 0.6) is 17.2 Å². The minimum absolute atomic E-state index is 0.380. The molecule has 0 atom stereocenters. The molecule has 230 valence electrons. The number of unbranched alkanes of at least 4 members (excludes halogenated alkanes) is 7. The molecule has 43 heavy (non-hydrogen) atoms. The Balaban J connectivity index is 1.22. The first-order chi connectivity index (χ1) is 20.9. The van der Waals surface area contributed by atoms with Crippen LogP contribution >= 0.6 is 0 Å². The first-order valence-electron chi connectivity index (χ1n) is 15.1. The van der Waals surface area contributed by atoms with Crippen molar-refractivity contribution >= 4 is 29.4 Å². The summed E-state index contributed by atoms with van der Waals surface area (Å²) in [6.45, 7) is 3.87. The normalized spacial score (nSPS) is 10.9. The van der Waals surface area contributed by atoms with Crippen molar-refractivity contribution in [2.45, 2.75) is 64.7 Å². The smallest absolute Gasteiger partial charge is 0.338 e. The molecule has 3 rings (SSSR count). The number of hydrogen-bond acceptors (Lipinski definition) is 8. The lowest BCUT2D eigenvalue weighted by molar-refractivity contribution is -0.128. The maximum Gasteiger partial charge on any atom is 0.338 e. The summed E-state index contributed by atoms with van der Waals surface area (Å²) in [6, 6.07) is 19.4. The van der Waals surface area contributed by atoms with Gasteiger partial charge in [0.15, 0.2) is 0 Å². The van der Waals surface area contributed by atoms with Crippen LogP contribution < -0.4 is 25.7 Å². The molecule has 0 aliphatic rings. The molecule has 0 aliphatic heterocycles. The molecule has 0 aromatic heterocycles.